The van der Waals surface area contributed by atoms with Crippen molar-refractivity contribution in [2.75, 3.05) is 6.54 Å². The Balaban J connectivity index is 0.00000320. The quantitative estimate of drug-likeness (QED) is 0.260. The minimum Gasteiger partial charge on any atom is -0.434 e. The maximum atomic E-state index is 12.6. The summed E-state index contributed by atoms with van der Waals surface area (Å²) in [5.41, 5.74) is 2.64. The van der Waals surface area contributed by atoms with Crippen LogP contribution in [0.5, 0.6) is 5.75 Å². The fourth-order valence-corrected chi connectivity index (χ4v) is 2.73. The van der Waals surface area contributed by atoms with Crippen molar-refractivity contribution >= 4 is 29.9 Å². The van der Waals surface area contributed by atoms with E-state index in [0.717, 1.165) is 11.3 Å². The van der Waals surface area contributed by atoms with E-state index in [-0.39, 0.29) is 29.7 Å². The lowest BCUT2D eigenvalue weighted by molar-refractivity contribution is -0.0504. The van der Waals surface area contributed by atoms with E-state index in [0.29, 0.717) is 31.2 Å². The first kappa shape index (κ1) is 23.6. The molecule has 9 heteroatoms. The lowest BCUT2D eigenvalue weighted by Gasteiger charge is -2.14. The first-order valence-electron chi connectivity index (χ1n) is 9.29. The minimum absolute atomic E-state index is 0. The maximum Gasteiger partial charge on any atom is 0.387 e. The van der Waals surface area contributed by atoms with Crippen LogP contribution in [-0.2, 0) is 13.1 Å². The molecular weight excluding hydrogens is 503 g/mol. The number of aromatic nitrogens is 2. The monoisotopic (exact) mass is 527 g/mol. The van der Waals surface area contributed by atoms with Crippen molar-refractivity contribution < 1.29 is 13.5 Å². The van der Waals surface area contributed by atoms with Crippen LogP contribution in [0, 0.1) is 0 Å². The van der Waals surface area contributed by atoms with Gasteiger partial charge in [-0.25, -0.2) is 9.67 Å². The molecular formula is C21H24F2IN5O. The van der Waals surface area contributed by atoms with E-state index in [4.69, 9.17) is 0 Å². The molecule has 0 aliphatic carbocycles. The van der Waals surface area contributed by atoms with Gasteiger partial charge in [0.05, 0.1) is 12.2 Å². The van der Waals surface area contributed by atoms with Gasteiger partial charge in [0.1, 0.15) is 5.75 Å². The molecule has 3 rings (SSSR count). The van der Waals surface area contributed by atoms with Crippen molar-refractivity contribution in [3.63, 3.8) is 0 Å². The molecule has 0 aliphatic heterocycles. The maximum absolute atomic E-state index is 12.6. The number of nitrogens with zero attached hydrogens (tertiary/aromatic N) is 3. The minimum atomic E-state index is -2.86. The lowest BCUT2D eigenvalue weighted by Crippen LogP contribution is -2.36. The largest absolute Gasteiger partial charge is 0.434 e. The van der Waals surface area contributed by atoms with Crippen LogP contribution in [0.15, 0.2) is 72.0 Å². The predicted octanol–water partition coefficient (Wildman–Crippen LogP) is 4.35. The molecule has 0 bridgehead atoms. The third kappa shape index (κ3) is 6.97. The summed E-state index contributed by atoms with van der Waals surface area (Å²) in [6.07, 6.45) is 3.62. The van der Waals surface area contributed by atoms with Crippen LogP contribution in [0.1, 0.15) is 18.1 Å². The molecule has 0 aliphatic rings. The Bertz CT molecular complexity index is 917. The number of guanidine groups is 1. The average Bonchev–Trinajstić information content (AvgIpc) is 3.26. The van der Waals surface area contributed by atoms with Gasteiger partial charge in [-0.15, -0.1) is 24.0 Å². The van der Waals surface area contributed by atoms with E-state index in [9.17, 15) is 8.78 Å². The molecule has 1 heterocycles. The van der Waals surface area contributed by atoms with Crippen molar-refractivity contribution in [1.82, 2.24) is 20.4 Å². The zero-order valence-corrected chi connectivity index (χ0v) is 18.8. The number of nitrogens with one attached hydrogen (secondary N) is 2. The molecule has 3 aromatic rings. The highest BCUT2D eigenvalue weighted by Gasteiger charge is 2.09. The third-order valence-electron chi connectivity index (χ3n) is 4.10. The Labute approximate surface area is 191 Å². The lowest BCUT2D eigenvalue weighted by atomic mass is 10.2. The summed E-state index contributed by atoms with van der Waals surface area (Å²) >= 11 is 0. The third-order valence-corrected chi connectivity index (χ3v) is 4.10. The van der Waals surface area contributed by atoms with Gasteiger partial charge in [-0.3, -0.25) is 0 Å². The van der Waals surface area contributed by atoms with Gasteiger partial charge >= 0.3 is 6.61 Å². The van der Waals surface area contributed by atoms with Crippen molar-refractivity contribution in [2.45, 2.75) is 26.6 Å². The second-order valence-electron chi connectivity index (χ2n) is 6.15. The molecule has 0 spiro atoms. The molecule has 0 unspecified atom stereocenters. The van der Waals surface area contributed by atoms with Crippen molar-refractivity contribution in [2.24, 2.45) is 4.99 Å². The summed E-state index contributed by atoms with van der Waals surface area (Å²) in [4.78, 5) is 4.56. The molecule has 6 nitrogen and oxygen atoms in total. The fourth-order valence-electron chi connectivity index (χ4n) is 2.73. The number of rotatable bonds is 8. The Hall–Kier alpha value is -2.69. The Morgan fingerprint density at radius 2 is 1.87 bits per heavy atom. The number of halogens is 3. The van der Waals surface area contributed by atoms with Crippen molar-refractivity contribution in [3.8, 4) is 11.4 Å². The molecule has 0 saturated carbocycles. The van der Waals surface area contributed by atoms with Crippen LogP contribution in [0.4, 0.5) is 8.78 Å². The van der Waals surface area contributed by atoms with E-state index in [1.165, 1.54) is 6.07 Å². The van der Waals surface area contributed by atoms with Gasteiger partial charge < -0.3 is 15.4 Å². The molecule has 0 radical (unpaired) electrons. The predicted molar refractivity (Wildman–Crippen MR) is 124 cm³/mol. The van der Waals surface area contributed by atoms with Gasteiger partial charge in [-0.2, -0.15) is 13.9 Å². The van der Waals surface area contributed by atoms with E-state index >= 15 is 0 Å². The zero-order chi connectivity index (χ0) is 20.5. The standard InChI is InChI=1S/C21H23F2N5O.HI/c1-2-24-21(26-15-17-6-3-4-7-19(17)29-20(22)23)25-14-16-8-10-18(11-9-16)28-13-5-12-27-28;/h3-13,20H,2,14-15H2,1H3,(H2,24,25,26);1H. The number of benzene rings is 2. The summed E-state index contributed by atoms with van der Waals surface area (Å²) in [7, 11) is 0. The van der Waals surface area contributed by atoms with Crippen LogP contribution in [0.3, 0.4) is 0 Å². The Morgan fingerprint density at radius 1 is 1.10 bits per heavy atom. The van der Waals surface area contributed by atoms with Crippen molar-refractivity contribution in [1.29, 1.82) is 0 Å². The van der Waals surface area contributed by atoms with Crippen LogP contribution in [-0.4, -0.2) is 28.9 Å². The summed E-state index contributed by atoms with van der Waals surface area (Å²) in [5.74, 6) is 0.746. The summed E-state index contributed by atoms with van der Waals surface area (Å²) in [6, 6.07) is 16.5. The van der Waals surface area contributed by atoms with Crippen LogP contribution < -0.4 is 15.4 Å². The van der Waals surface area contributed by atoms with Gasteiger partial charge in [0, 0.05) is 31.0 Å². The highest BCUT2D eigenvalue weighted by atomic mass is 127. The summed E-state index contributed by atoms with van der Waals surface area (Å²) < 4.78 is 31.5. The molecule has 30 heavy (non-hydrogen) atoms. The van der Waals surface area contributed by atoms with Gasteiger partial charge in [0.2, 0.25) is 0 Å². The van der Waals surface area contributed by atoms with Crippen LogP contribution in [0.2, 0.25) is 0 Å². The van der Waals surface area contributed by atoms with Gasteiger partial charge in [0.15, 0.2) is 5.96 Å². The molecule has 0 amide bonds. The molecule has 2 aromatic carbocycles. The number of ether oxygens (including phenoxy) is 1. The SMILES string of the molecule is CCNC(=NCc1ccc(-n2cccn2)cc1)NCc1ccccc1OC(F)F.I. The van der Waals surface area contributed by atoms with Crippen molar-refractivity contribution in [3.05, 3.63) is 78.1 Å². The fraction of sp³-hybridized carbons (Fsp3) is 0.238. The number of hydrogen-bond donors (Lipinski definition) is 2. The average molecular weight is 527 g/mol. The van der Waals surface area contributed by atoms with Crippen LogP contribution in [0.25, 0.3) is 5.69 Å². The molecule has 0 fully saturated rings. The van der Waals surface area contributed by atoms with Crippen LogP contribution >= 0.6 is 24.0 Å². The van der Waals surface area contributed by atoms with Gasteiger partial charge in [-0.1, -0.05) is 30.3 Å². The highest BCUT2D eigenvalue weighted by Crippen LogP contribution is 2.20. The first-order chi connectivity index (χ1) is 14.2. The summed E-state index contributed by atoms with van der Waals surface area (Å²) in [6.45, 7) is 0.572. The second-order valence-corrected chi connectivity index (χ2v) is 6.15. The number of aliphatic imine (C=N–C) groups is 1. The number of para-hydroxylation sites is 1. The molecule has 0 saturated heterocycles. The van der Waals surface area contributed by atoms with E-state index in [1.54, 1.807) is 29.1 Å². The molecule has 0 atom stereocenters. The normalized spacial score (nSPS) is 11.1. The zero-order valence-electron chi connectivity index (χ0n) is 16.5. The number of hydrogen-bond acceptors (Lipinski definition) is 3. The van der Waals surface area contributed by atoms with Gasteiger partial charge in [0.25, 0.3) is 0 Å². The van der Waals surface area contributed by atoms with E-state index in [1.807, 2.05) is 43.5 Å². The molecule has 2 N–H and O–H groups in total. The van der Waals surface area contributed by atoms with E-state index < -0.39 is 6.61 Å². The smallest absolute Gasteiger partial charge is 0.387 e. The Morgan fingerprint density at radius 3 is 2.53 bits per heavy atom. The first-order valence-corrected chi connectivity index (χ1v) is 9.29. The second kappa shape index (κ2) is 12.1. The number of alkyl halides is 2. The van der Waals surface area contributed by atoms with Gasteiger partial charge in [-0.05, 0) is 36.8 Å². The highest BCUT2D eigenvalue weighted by molar-refractivity contribution is 14.0. The Kier molecular flexibility index (Phi) is 9.52. The summed E-state index contributed by atoms with van der Waals surface area (Å²) in [5, 5.41) is 10.5. The molecule has 160 valence electrons. The molecule has 1 aromatic heterocycles. The van der Waals surface area contributed by atoms with E-state index in [2.05, 4.69) is 25.5 Å². The topological polar surface area (TPSA) is 63.5 Å².